The second kappa shape index (κ2) is 8.62. The molecule has 0 saturated heterocycles. The Hall–Kier alpha value is -0.970. The standard InChI is InChI=1S/C12H20O2/c1-3-5-7-11(8-6-4-2)9-10-12(13)14/h11H,3-8H2,1-2H3,(H,13,14). The largest absolute Gasteiger partial charge is 0.472 e. The second-order valence-corrected chi connectivity index (χ2v) is 3.56. The van der Waals surface area contributed by atoms with Crippen molar-refractivity contribution in [3.05, 3.63) is 0 Å². The second-order valence-electron chi connectivity index (χ2n) is 3.56. The highest BCUT2D eigenvalue weighted by Gasteiger charge is 2.03. The van der Waals surface area contributed by atoms with E-state index in [1.54, 1.807) is 0 Å². The van der Waals surface area contributed by atoms with Crippen molar-refractivity contribution in [2.24, 2.45) is 5.92 Å². The SMILES string of the molecule is CCCCC(C#CC(=O)O)CCCC. The van der Waals surface area contributed by atoms with E-state index < -0.39 is 5.97 Å². The smallest absolute Gasteiger partial charge is 0.381 e. The van der Waals surface area contributed by atoms with Gasteiger partial charge in [0.15, 0.2) is 0 Å². The molecule has 0 fully saturated rings. The molecule has 0 unspecified atom stereocenters. The van der Waals surface area contributed by atoms with Gasteiger partial charge >= 0.3 is 5.97 Å². The van der Waals surface area contributed by atoms with Crippen LogP contribution < -0.4 is 0 Å². The molecule has 80 valence electrons. The Morgan fingerprint density at radius 2 is 1.71 bits per heavy atom. The summed E-state index contributed by atoms with van der Waals surface area (Å²) in [6, 6.07) is 0. The fraction of sp³-hybridized carbons (Fsp3) is 0.750. The van der Waals surface area contributed by atoms with Crippen LogP contribution in [-0.2, 0) is 4.79 Å². The predicted octanol–water partition coefficient (Wildman–Crippen LogP) is 3.07. The molecule has 2 heteroatoms. The van der Waals surface area contributed by atoms with Gasteiger partial charge in [-0.3, -0.25) is 0 Å². The van der Waals surface area contributed by atoms with Crippen molar-refractivity contribution in [2.45, 2.75) is 52.4 Å². The lowest BCUT2D eigenvalue weighted by Crippen LogP contribution is -1.99. The van der Waals surface area contributed by atoms with Gasteiger partial charge in [0, 0.05) is 11.8 Å². The minimum Gasteiger partial charge on any atom is -0.472 e. The Labute approximate surface area is 86.7 Å². The van der Waals surface area contributed by atoms with Gasteiger partial charge < -0.3 is 5.11 Å². The summed E-state index contributed by atoms with van der Waals surface area (Å²) in [6.07, 6.45) is 6.66. The molecule has 0 aliphatic rings. The zero-order valence-electron chi connectivity index (χ0n) is 9.18. The third-order valence-corrected chi connectivity index (χ3v) is 2.20. The summed E-state index contributed by atoms with van der Waals surface area (Å²) < 4.78 is 0. The summed E-state index contributed by atoms with van der Waals surface area (Å²) in [4.78, 5) is 10.3. The van der Waals surface area contributed by atoms with E-state index in [1.807, 2.05) is 0 Å². The topological polar surface area (TPSA) is 37.3 Å². The van der Waals surface area contributed by atoms with E-state index in [4.69, 9.17) is 5.11 Å². The van der Waals surface area contributed by atoms with Gasteiger partial charge in [0.1, 0.15) is 0 Å². The van der Waals surface area contributed by atoms with Gasteiger partial charge in [-0.2, -0.15) is 0 Å². The van der Waals surface area contributed by atoms with E-state index in [0.717, 1.165) is 38.5 Å². The Morgan fingerprint density at radius 1 is 1.21 bits per heavy atom. The highest BCUT2D eigenvalue weighted by Crippen LogP contribution is 2.14. The first-order valence-electron chi connectivity index (χ1n) is 5.45. The number of carbonyl (C=O) groups is 1. The average Bonchev–Trinajstić information content (AvgIpc) is 2.16. The van der Waals surface area contributed by atoms with Crippen molar-refractivity contribution in [1.82, 2.24) is 0 Å². The van der Waals surface area contributed by atoms with Gasteiger partial charge in [-0.25, -0.2) is 4.79 Å². The molecule has 0 aromatic rings. The molecule has 0 aliphatic heterocycles. The summed E-state index contributed by atoms with van der Waals surface area (Å²) in [5.41, 5.74) is 0. The van der Waals surface area contributed by atoms with Crippen molar-refractivity contribution in [2.75, 3.05) is 0 Å². The Kier molecular flexibility index (Phi) is 8.02. The van der Waals surface area contributed by atoms with Gasteiger partial charge in [-0.15, -0.1) is 0 Å². The normalized spacial score (nSPS) is 9.64. The van der Waals surface area contributed by atoms with E-state index in [1.165, 1.54) is 0 Å². The molecule has 1 N–H and O–H groups in total. The number of hydrogen-bond acceptors (Lipinski definition) is 1. The maximum Gasteiger partial charge on any atom is 0.381 e. The number of unbranched alkanes of at least 4 members (excludes halogenated alkanes) is 2. The van der Waals surface area contributed by atoms with Crippen LogP contribution in [0, 0.1) is 17.8 Å². The van der Waals surface area contributed by atoms with Crippen molar-refractivity contribution in [1.29, 1.82) is 0 Å². The minimum atomic E-state index is -1.01. The van der Waals surface area contributed by atoms with Crippen molar-refractivity contribution in [3.63, 3.8) is 0 Å². The van der Waals surface area contributed by atoms with Crippen LogP contribution in [-0.4, -0.2) is 11.1 Å². The summed E-state index contributed by atoms with van der Waals surface area (Å²) in [5, 5.41) is 8.44. The Bertz CT molecular complexity index is 202. The molecule has 0 aliphatic carbocycles. The van der Waals surface area contributed by atoms with Gasteiger partial charge in [0.2, 0.25) is 0 Å². The van der Waals surface area contributed by atoms with Gasteiger partial charge in [-0.05, 0) is 12.8 Å². The van der Waals surface area contributed by atoms with Crippen LogP contribution in [0.2, 0.25) is 0 Å². The van der Waals surface area contributed by atoms with Gasteiger partial charge in [0.05, 0.1) is 0 Å². The first-order chi connectivity index (χ1) is 6.70. The maximum atomic E-state index is 10.3. The van der Waals surface area contributed by atoms with Crippen LogP contribution in [0.1, 0.15) is 52.4 Å². The average molecular weight is 196 g/mol. The number of aliphatic carboxylic acids is 1. The quantitative estimate of drug-likeness (QED) is 0.663. The molecule has 0 atom stereocenters. The van der Waals surface area contributed by atoms with E-state index in [2.05, 4.69) is 25.7 Å². The van der Waals surface area contributed by atoms with E-state index in [-0.39, 0.29) is 5.92 Å². The fourth-order valence-electron chi connectivity index (χ4n) is 1.35. The molecule has 2 nitrogen and oxygen atoms in total. The minimum absolute atomic E-state index is 0.283. The third-order valence-electron chi connectivity index (χ3n) is 2.20. The van der Waals surface area contributed by atoms with Crippen LogP contribution in [0.15, 0.2) is 0 Å². The molecule has 0 rings (SSSR count). The summed E-state index contributed by atoms with van der Waals surface area (Å²) in [5.74, 6) is 4.34. The Balaban J connectivity index is 3.97. The highest BCUT2D eigenvalue weighted by molar-refractivity contribution is 5.86. The van der Waals surface area contributed by atoms with Crippen LogP contribution in [0.4, 0.5) is 0 Å². The monoisotopic (exact) mass is 196 g/mol. The lowest BCUT2D eigenvalue weighted by atomic mass is 9.97. The molecule has 0 bridgehead atoms. The number of carboxylic acids is 1. The zero-order valence-corrected chi connectivity index (χ0v) is 9.18. The van der Waals surface area contributed by atoms with Gasteiger partial charge in [-0.1, -0.05) is 45.5 Å². The number of carboxylic acid groups (broad SMARTS) is 1. The van der Waals surface area contributed by atoms with Gasteiger partial charge in [0.25, 0.3) is 0 Å². The Morgan fingerprint density at radius 3 is 2.07 bits per heavy atom. The van der Waals surface area contributed by atoms with Crippen LogP contribution in [0.25, 0.3) is 0 Å². The fourth-order valence-corrected chi connectivity index (χ4v) is 1.35. The van der Waals surface area contributed by atoms with Crippen molar-refractivity contribution < 1.29 is 9.90 Å². The summed E-state index contributed by atoms with van der Waals surface area (Å²) >= 11 is 0. The molecule has 14 heavy (non-hydrogen) atoms. The molecule has 0 aromatic carbocycles. The first-order valence-corrected chi connectivity index (χ1v) is 5.45. The van der Waals surface area contributed by atoms with E-state index in [9.17, 15) is 4.79 Å². The lowest BCUT2D eigenvalue weighted by Gasteiger charge is -2.08. The van der Waals surface area contributed by atoms with E-state index in [0.29, 0.717) is 0 Å². The van der Waals surface area contributed by atoms with Crippen molar-refractivity contribution in [3.8, 4) is 11.8 Å². The zero-order chi connectivity index (χ0) is 10.8. The van der Waals surface area contributed by atoms with E-state index >= 15 is 0 Å². The number of rotatable bonds is 6. The molecular weight excluding hydrogens is 176 g/mol. The predicted molar refractivity (Wildman–Crippen MR) is 58.0 cm³/mol. The molecule has 0 aromatic heterocycles. The van der Waals surface area contributed by atoms with Crippen LogP contribution >= 0.6 is 0 Å². The lowest BCUT2D eigenvalue weighted by molar-refractivity contribution is -0.130. The van der Waals surface area contributed by atoms with Crippen LogP contribution in [0.3, 0.4) is 0 Å². The highest BCUT2D eigenvalue weighted by atomic mass is 16.4. The number of hydrogen-bond donors (Lipinski definition) is 1. The summed E-state index contributed by atoms with van der Waals surface area (Å²) in [7, 11) is 0. The summed E-state index contributed by atoms with van der Waals surface area (Å²) in [6.45, 7) is 4.28. The van der Waals surface area contributed by atoms with Crippen LogP contribution in [0.5, 0.6) is 0 Å². The molecule has 0 heterocycles. The maximum absolute atomic E-state index is 10.3. The van der Waals surface area contributed by atoms with Crippen molar-refractivity contribution >= 4 is 5.97 Å². The molecule has 0 saturated carbocycles. The third kappa shape index (κ3) is 7.67. The first kappa shape index (κ1) is 13.0. The molecule has 0 amide bonds. The molecule has 0 radical (unpaired) electrons. The molecule has 0 spiro atoms. The molecular formula is C12H20O2.